The van der Waals surface area contributed by atoms with Crippen LogP contribution in [0.25, 0.3) is 0 Å². The largest absolute Gasteiger partial charge is 0.391 e. The van der Waals surface area contributed by atoms with E-state index in [1.54, 1.807) is 114 Å². The number of ketones is 4. The first-order valence-electron chi connectivity index (χ1n) is 46.0. The van der Waals surface area contributed by atoms with Crippen molar-refractivity contribution in [3.05, 3.63) is 205 Å². The molecule has 4 aromatic heterocycles. The second-order valence-corrected chi connectivity index (χ2v) is 39.8. The second-order valence-electron chi connectivity index (χ2n) is 38.2. The number of fused-ring (bicyclic) bond motifs is 4. The fourth-order valence-electron chi connectivity index (χ4n) is 20.5. The van der Waals surface area contributed by atoms with E-state index in [1.165, 1.54) is 39.7 Å². The Labute approximate surface area is 840 Å². The van der Waals surface area contributed by atoms with E-state index in [1.807, 2.05) is 41.5 Å². The van der Waals surface area contributed by atoms with Crippen LogP contribution in [0.3, 0.4) is 0 Å². The maximum atomic E-state index is 13.6. The molecule has 45 heteroatoms. The normalized spacial score (nSPS) is 19.1. The summed E-state index contributed by atoms with van der Waals surface area (Å²) in [5.74, 6) is -26.4. The fraction of sp³-hybridized carbons (Fsp3) is 0.434. The zero-order valence-electron chi connectivity index (χ0n) is 80.9. The van der Waals surface area contributed by atoms with Gasteiger partial charge in [0.25, 0.3) is 94.1 Å². The summed E-state index contributed by atoms with van der Waals surface area (Å²) in [7, 11) is 5.06. The van der Waals surface area contributed by atoms with Gasteiger partial charge in [-0.25, -0.2) is 35.1 Å². The van der Waals surface area contributed by atoms with Gasteiger partial charge in [-0.15, -0.1) is 0 Å². The summed E-state index contributed by atoms with van der Waals surface area (Å²) in [6, 6.07) is 19.9. The predicted molar refractivity (Wildman–Crippen MR) is 516 cm³/mol. The number of benzene rings is 4. The third kappa shape index (κ3) is 20.9. The van der Waals surface area contributed by atoms with E-state index in [-0.39, 0.29) is 87.4 Å². The number of alkyl halides is 8. The number of halogens is 12. The summed E-state index contributed by atoms with van der Waals surface area (Å²) in [5, 5.41) is 41.2. The SMILES string of the molecule is CNC(=O)C1(NC(=O)C(=O)c2c(C)c(C(=O)Nc3ccc(C)c(Cl)c3)n3c2CCC3C)CC(F)(F)C1.CNC(=O)C1(NC(=O)C(=O)c2c(C)c(C(=O)Nc3ccc(C)c(Cl)c3)n3c2CC[C@@H]3C)CC(F)(F)C1.CNC(=O)C1(NC(=O)C(=O)c2c(C)c(C(=O)Nc3ccc(C)c(Cl)c3)n3c2CC[C@H]3C)CC(F)(F)C1.CNC(=O)C1(NC(=O)C(=O)c2c(C)c(C(=O)Nc3ccc(C)c(Cl)c3)n3c2C[C@@H](O)C3)CC(F)(F)C1. The molecule has 8 aliphatic rings. The van der Waals surface area contributed by atoms with Gasteiger partial charge in [0.05, 0.1) is 28.4 Å². The molecule has 8 heterocycles. The van der Waals surface area contributed by atoms with Crippen LogP contribution in [-0.2, 0) is 70.6 Å². The monoisotopic (exact) mass is 2080 g/mol. The standard InChI is InChI=1S/3C25H27ClF2N4O4.C24H25ClF2N4O5/c3*1-12-5-7-15(9-16(12)26)30-21(34)19-14(3)18(17-8-6-13(2)32(17)19)20(33)22(35)31-24(23(36)29-4)10-25(27,28)11-24;1-11-4-5-13(6-15(11)25)29-20(34)18-12(2)17(16-7-14(32)8-31(16)18)19(33)21(35)30-23(22(36)28-3)9-24(26,27)10-23/h3*5,7,9,13H,6,8,10-11H2,1-4H3,(H,29,36)(H,30,34)(H,31,35);4-6,14,32H,7-10H2,1-3H3,(H,28,36)(H,29,34)(H,30,35)/t2*13-;;14-/m10.1/s1. The molecular weight excluding hydrogens is 1980 g/mol. The number of nitrogens with one attached hydrogen (secondary N) is 12. The molecule has 12 amide bonds. The molecule has 33 nitrogen and oxygen atoms in total. The number of carbonyl (C=O) groups is 16. The van der Waals surface area contributed by atoms with E-state index >= 15 is 0 Å². The number of aliphatic hydroxyl groups is 1. The Morgan fingerprint density at radius 3 is 0.743 bits per heavy atom. The van der Waals surface area contributed by atoms with Crippen LogP contribution in [0.5, 0.6) is 0 Å². The van der Waals surface area contributed by atoms with Gasteiger partial charge in [-0.1, -0.05) is 70.7 Å². The lowest BCUT2D eigenvalue weighted by atomic mass is 9.72. The van der Waals surface area contributed by atoms with Gasteiger partial charge in [-0.05, 0) is 208 Å². The maximum Gasteiger partial charge on any atom is 0.293 e. The van der Waals surface area contributed by atoms with Crippen molar-refractivity contribution in [2.24, 2.45) is 0 Å². The molecule has 0 saturated heterocycles. The molecule has 4 saturated carbocycles. The topological polar surface area (TPSA) is 457 Å². The van der Waals surface area contributed by atoms with Gasteiger partial charge in [0, 0.05) is 176 Å². The van der Waals surface area contributed by atoms with Crippen molar-refractivity contribution in [2.45, 2.75) is 249 Å². The van der Waals surface area contributed by atoms with Crippen LogP contribution in [0.4, 0.5) is 57.9 Å². The summed E-state index contributed by atoms with van der Waals surface area (Å²) in [6.07, 6.45) is -4.77. The Bertz CT molecular complexity index is 6300. The van der Waals surface area contributed by atoms with Crippen molar-refractivity contribution in [1.29, 1.82) is 0 Å². The van der Waals surface area contributed by atoms with Crippen molar-refractivity contribution in [3.8, 4) is 0 Å². The van der Waals surface area contributed by atoms with E-state index in [0.29, 0.717) is 115 Å². The minimum atomic E-state index is -3.15. The Kier molecular flexibility index (Phi) is 30.4. The van der Waals surface area contributed by atoms with Crippen LogP contribution in [0.1, 0.15) is 260 Å². The summed E-state index contributed by atoms with van der Waals surface area (Å²) in [5.41, 5.74) is 1.52. The highest BCUT2D eigenvalue weighted by Gasteiger charge is 2.66. The molecule has 1 unspecified atom stereocenters. The van der Waals surface area contributed by atoms with Crippen LogP contribution in [0, 0.1) is 55.4 Å². The van der Waals surface area contributed by atoms with Gasteiger partial charge >= 0.3 is 0 Å². The number of anilines is 4. The average Bonchev–Trinajstić information content (AvgIpc) is 1.42. The van der Waals surface area contributed by atoms with Gasteiger partial charge in [-0.2, -0.15) is 0 Å². The number of amides is 12. The fourth-order valence-corrected chi connectivity index (χ4v) is 21.2. The molecule has 4 fully saturated rings. The molecule has 0 spiro atoms. The highest BCUT2D eigenvalue weighted by molar-refractivity contribution is 6.47. The first-order chi connectivity index (χ1) is 67.2. The molecule has 0 radical (unpaired) electrons. The van der Waals surface area contributed by atoms with Crippen molar-refractivity contribution < 1.29 is 117 Å². The number of likely N-dealkylation sites (N-methyl/N-ethyl adjacent to an activating group) is 4. The second kappa shape index (κ2) is 40.5. The highest BCUT2D eigenvalue weighted by Crippen LogP contribution is 2.51. The first kappa shape index (κ1) is 108. The summed E-state index contributed by atoms with van der Waals surface area (Å²) in [6.45, 7) is 19.2. The van der Waals surface area contributed by atoms with Crippen LogP contribution < -0.4 is 63.8 Å². The quantitative estimate of drug-likeness (QED) is 0.0152. The smallest absolute Gasteiger partial charge is 0.293 e. The van der Waals surface area contributed by atoms with E-state index in [4.69, 9.17) is 46.4 Å². The summed E-state index contributed by atoms with van der Waals surface area (Å²) >= 11 is 24.6. The molecule has 4 aliphatic heterocycles. The molecular formula is C99H106Cl4F8N16O17. The number of aliphatic hydroxyl groups excluding tert-OH is 1. The van der Waals surface area contributed by atoms with E-state index in [0.717, 1.165) is 22.3 Å². The molecule has 144 heavy (non-hydrogen) atoms. The summed E-state index contributed by atoms with van der Waals surface area (Å²) < 4.78 is 116. The number of nitrogens with zero attached hydrogens (tertiary/aromatic N) is 4. The Morgan fingerprint density at radius 2 is 0.535 bits per heavy atom. The summed E-state index contributed by atoms with van der Waals surface area (Å²) in [4.78, 5) is 207. The number of rotatable bonds is 24. The predicted octanol–water partition coefficient (Wildman–Crippen LogP) is 13.3. The van der Waals surface area contributed by atoms with Crippen molar-refractivity contribution in [3.63, 3.8) is 0 Å². The third-order valence-corrected chi connectivity index (χ3v) is 29.3. The first-order valence-corrected chi connectivity index (χ1v) is 47.5. The number of hydrogen-bond acceptors (Lipinski definition) is 17. The number of hydrogen-bond donors (Lipinski definition) is 13. The van der Waals surface area contributed by atoms with Gasteiger partial charge in [-0.3, -0.25) is 76.7 Å². The van der Waals surface area contributed by atoms with Crippen molar-refractivity contribution in [1.82, 2.24) is 60.8 Å². The van der Waals surface area contributed by atoms with E-state index in [2.05, 4.69) is 63.8 Å². The zero-order valence-corrected chi connectivity index (χ0v) is 83.9. The lowest BCUT2D eigenvalue weighted by Crippen LogP contribution is -2.69. The minimum absolute atomic E-state index is 0.0114. The van der Waals surface area contributed by atoms with Crippen molar-refractivity contribution in [2.75, 3.05) is 49.5 Å². The molecule has 4 aliphatic carbocycles. The van der Waals surface area contributed by atoms with Gasteiger partial charge in [0.2, 0.25) is 23.6 Å². The number of aryl methyl sites for hydroxylation is 4. The lowest BCUT2D eigenvalue weighted by Gasteiger charge is -2.45. The molecule has 13 N–H and O–H groups in total. The molecule has 0 bridgehead atoms. The van der Waals surface area contributed by atoms with E-state index < -0.39 is 197 Å². The Hall–Kier alpha value is -13.1. The minimum Gasteiger partial charge on any atom is -0.391 e. The Morgan fingerprint density at radius 1 is 0.326 bits per heavy atom. The zero-order chi connectivity index (χ0) is 106. The molecule has 768 valence electrons. The lowest BCUT2D eigenvalue weighted by molar-refractivity contribution is -0.164. The van der Waals surface area contributed by atoms with Gasteiger partial charge < -0.3 is 87.2 Å². The highest BCUT2D eigenvalue weighted by atomic mass is 35.5. The maximum absolute atomic E-state index is 13.6. The van der Waals surface area contributed by atoms with Crippen LogP contribution in [0.2, 0.25) is 20.1 Å². The third-order valence-electron chi connectivity index (χ3n) is 27.7. The average molecular weight is 2090 g/mol. The van der Waals surface area contributed by atoms with E-state index in [9.17, 15) is 117 Å². The molecule has 8 aromatic rings. The van der Waals surface area contributed by atoms with Gasteiger partial charge in [0.1, 0.15) is 44.9 Å². The number of carbonyl (C=O) groups excluding carboxylic acids is 16. The van der Waals surface area contributed by atoms with Crippen LogP contribution >= 0.6 is 46.4 Å². The van der Waals surface area contributed by atoms with Crippen molar-refractivity contribution >= 4 is 163 Å². The van der Waals surface area contributed by atoms with Crippen LogP contribution in [-0.4, -0.2) is 198 Å². The van der Waals surface area contributed by atoms with Gasteiger partial charge in [0.15, 0.2) is 0 Å². The number of aromatic nitrogens is 4. The van der Waals surface area contributed by atoms with Crippen LogP contribution in [0.15, 0.2) is 72.8 Å². The molecule has 4 aromatic carbocycles. The molecule has 4 atom stereocenters. The number of Topliss-reactive ketones (excluding diaryl/α,β-unsaturated/α-hetero) is 4. The molecule has 16 rings (SSSR count). The Balaban J connectivity index is 0.000000161.